The number of amides is 1. The molecule has 1 aromatic carbocycles. The van der Waals surface area contributed by atoms with Crippen molar-refractivity contribution in [2.75, 3.05) is 26.2 Å². The van der Waals surface area contributed by atoms with E-state index in [1.54, 1.807) is 18.5 Å². The van der Waals surface area contributed by atoms with Crippen molar-refractivity contribution in [3.63, 3.8) is 0 Å². The van der Waals surface area contributed by atoms with Gasteiger partial charge in [0.2, 0.25) is 5.91 Å². The van der Waals surface area contributed by atoms with Crippen LogP contribution >= 0.6 is 0 Å². The Bertz CT molecular complexity index is 781. The first-order chi connectivity index (χ1) is 13.2. The van der Waals surface area contributed by atoms with E-state index in [2.05, 4.69) is 38.8 Å². The van der Waals surface area contributed by atoms with Crippen molar-refractivity contribution in [2.24, 2.45) is 5.41 Å². The van der Waals surface area contributed by atoms with Gasteiger partial charge in [0.15, 0.2) is 0 Å². The zero-order valence-corrected chi connectivity index (χ0v) is 15.8. The monoisotopic (exact) mass is 366 g/mol. The minimum absolute atomic E-state index is 0.136. The van der Waals surface area contributed by atoms with Crippen LogP contribution in [0.25, 0.3) is 0 Å². The summed E-state index contributed by atoms with van der Waals surface area (Å²) in [5.41, 5.74) is 1.09. The van der Waals surface area contributed by atoms with E-state index in [1.807, 2.05) is 12.1 Å². The molecule has 0 aliphatic carbocycles. The molecule has 142 valence electrons. The molecule has 6 heteroatoms. The highest BCUT2D eigenvalue weighted by molar-refractivity contribution is 5.85. The molecule has 1 amide bonds. The number of likely N-dealkylation sites (tertiary alicyclic amines) is 2. The molecule has 0 saturated carbocycles. The van der Waals surface area contributed by atoms with Crippen molar-refractivity contribution in [1.82, 2.24) is 19.8 Å². The number of nitrogens with zero attached hydrogens (tertiary/aromatic N) is 4. The fourth-order valence-corrected chi connectivity index (χ4v) is 4.21. The lowest BCUT2D eigenvalue weighted by Crippen LogP contribution is -2.37. The number of ether oxygens (including phenoxy) is 1. The lowest BCUT2D eigenvalue weighted by atomic mass is 9.85. The highest BCUT2D eigenvalue weighted by Crippen LogP contribution is 2.41. The van der Waals surface area contributed by atoms with Gasteiger partial charge >= 0.3 is 6.01 Å². The number of hydrogen-bond donors (Lipinski definition) is 0. The Morgan fingerprint density at radius 3 is 2.59 bits per heavy atom. The van der Waals surface area contributed by atoms with Crippen molar-refractivity contribution >= 4 is 5.91 Å². The molecular weight excluding hydrogens is 340 g/mol. The van der Waals surface area contributed by atoms with Crippen LogP contribution in [0.2, 0.25) is 0 Å². The third kappa shape index (κ3) is 3.81. The second kappa shape index (κ2) is 7.64. The number of rotatable bonds is 6. The maximum atomic E-state index is 12.8. The van der Waals surface area contributed by atoms with Crippen LogP contribution in [0.5, 0.6) is 11.8 Å². The quantitative estimate of drug-likeness (QED) is 0.786. The fourth-order valence-electron chi connectivity index (χ4n) is 4.21. The molecule has 1 aromatic heterocycles. The van der Waals surface area contributed by atoms with E-state index in [0.717, 1.165) is 57.7 Å². The Balaban J connectivity index is 1.34. The number of aromatic nitrogens is 2. The lowest BCUT2D eigenvalue weighted by molar-refractivity contribution is -0.135. The molecule has 1 spiro atoms. The lowest BCUT2D eigenvalue weighted by Gasteiger charge is -2.23. The number of hydrogen-bond acceptors (Lipinski definition) is 5. The molecular formula is C21H26N4O2. The average molecular weight is 366 g/mol. The zero-order valence-electron chi connectivity index (χ0n) is 15.8. The summed E-state index contributed by atoms with van der Waals surface area (Å²) >= 11 is 0. The standard InChI is InChI=1S/C21H26N4O2/c1-2-12-25-14-9-21(19(25)26)8-13-24(16-21)15-17-4-6-18(7-5-17)27-20-22-10-3-11-23-20/h3-7,10-11H,2,8-9,12-16H2,1H3. The Kier molecular flexibility index (Phi) is 5.07. The second-order valence-corrected chi connectivity index (χ2v) is 7.56. The van der Waals surface area contributed by atoms with Crippen LogP contribution in [-0.2, 0) is 11.3 Å². The molecule has 27 heavy (non-hydrogen) atoms. The van der Waals surface area contributed by atoms with Gasteiger partial charge in [0, 0.05) is 38.6 Å². The van der Waals surface area contributed by atoms with E-state index in [-0.39, 0.29) is 5.41 Å². The van der Waals surface area contributed by atoms with Crippen LogP contribution < -0.4 is 4.74 Å². The second-order valence-electron chi connectivity index (χ2n) is 7.56. The maximum absolute atomic E-state index is 12.8. The predicted molar refractivity (Wildman–Crippen MR) is 102 cm³/mol. The van der Waals surface area contributed by atoms with E-state index in [1.165, 1.54) is 5.56 Å². The summed E-state index contributed by atoms with van der Waals surface area (Å²) in [7, 11) is 0. The molecule has 1 unspecified atom stereocenters. The molecule has 4 rings (SSSR count). The van der Waals surface area contributed by atoms with E-state index in [4.69, 9.17) is 4.74 Å². The fraction of sp³-hybridized carbons (Fsp3) is 0.476. The predicted octanol–water partition coefficient (Wildman–Crippen LogP) is 3.10. The molecule has 2 aliphatic heterocycles. The van der Waals surface area contributed by atoms with Crippen molar-refractivity contribution in [3.8, 4) is 11.8 Å². The number of carbonyl (C=O) groups is 1. The topological polar surface area (TPSA) is 58.6 Å². The van der Waals surface area contributed by atoms with Crippen molar-refractivity contribution in [1.29, 1.82) is 0 Å². The van der Waals surface area contributed by atoms with Crippen LogP contribution in [0.1, 0.15) is 31.7 Å². The molecule has 2 saturated heterocycles. The molecule has 3 heterocycles. The summed E-state index contributed by atoms with van der Waals surface area (Å²) in [6, 6.07) is 10.1. The smallest absolute Gasteiger partial charge is 0.321 e. The Morgan fingerprint density at radius 1 is 1.11 bits per heavy atom. The van der Waals surface area contributed by atoms with E-state index in [0.29, 0.717) is 11.9 Å². The van der Waals surface area contributed by atoms with Gasteiger partial charge in [-0.25, -0.2) is 9.97 Å². The van der Waals surface area contributed by atoms with E-state index >= 15 is 0 Å². The van der Waals surface area contributed by atoms with Crippen LogP contribution in [-0.4, -0.2) is 51.9 Å². The molecule has 0 radical (unpaired) electrons. The van der Waals surface area contributed by atoms with Gasteiger partial charge in [-0.1, -0.05) is 19.1 Å². The number of benzene rings is 1. The average Bonchev–Trinajstić information content (AvgIpc) is 3.23. The molecule has 2 aromatic rings. The van der Waals surface area contributed by atoms with Crippen molar-refractivity contribution < 1.29 is 9.53 Å². The number of carbonyl (C=O) groups excluding carboxylic acids is 1. The molecule has 2 aliphatic rings. The largest absolute Gasteiger partial charge is 0.424 e. The van der Waals surface area contributed by atoms with Crippen LogP contribution in [0.15, 0.2) is 42.7 Å². The van der Waals surface area contributed by atoms with Gasteiger partial charge in [-0.3, -0.25) is 9.69 Å². The van der Waals surface area contributed by atoms with Crippen molar-refractivity contribution in [3.05, 3.63) is 48.3 Å². The third-order valence-electron chi connectivity index (χ3n) is 5.61. The molecule has 1 atom stereocenters. The van der Waals surface area contributed by atoms with E-state index < -0.39 is 0 Å². The van der Waals surface area contributed by atoms with E-state index in [9.17, 15) is 4.79 Å². The first-order valence-electron chi connectivity index (χ1n) is 9.74. The minimum Gasteiger partial charge on any atom is -0.424 e. The highest BCUT2D eigenvalue weighted by Gasteiger charge is 2.50. The first-order valence-corrected chi connectivity index (χ1v) is 9.74. The summed E-state index contributed by atoms with van der Waals surface area (Å²) in [6.45, 7) is 6.69. The normalized spacial score (nSPS) is 22.7. The minimum atomic E-state index is -0.136. The van der Waals surface area contributed by atoms with Gasteiger partial charge in [0.25, 0.3) is 0 Å². The SMILES string of the molecule is CCCN1CCC2(CCN(Cc3ccc(Oc4ncccn4)cc3)C2)C1=O. The van der Waals surface area contributed by atoms with Gasteiger partial charge in [-0.15, -0.1) is 0 Å². The van der Waals surface area contributed by atoms with Crippen LogP contribution in [0.4, 0.5) is 0 Å². The summed E-state index contributed by atoms with van der Waals surface area (Å²) in [6.07, 6.45) is 6.34. The summed E-state index contributed by atoms with van der Waals surface area (Å²) in [5, 5.41) is 0. The first kappa shape index (κ1) is 17.9. The van der Waals surface area contributed by atoms with Crippen LogP contribution in [0, 0.1) is 5.41 Å². The molecule has 6 nitrogen and oxygen atoms in total. The summed E-state index contributed by atoms with van der Waals surface area (Å²) < 4.78 is 5.64. The molecule has 0 N–H and O–H groups in total. The molecule has 0 bridgehead atoms. The van der Waals surface area contributed by atoms with Gasteiger partial charge in [0.1, 0.15) is 5.75 Å². The third-order valence-corrected chi connectivity index (χ3v) is 5.61. The Labute approximate surface area is 160 Å². The Hall–Kier alpha value is -2.47. The van der Waals surface area contributed by atoms with Crippen LogP contribution in [0.3, 0.4) is 0 Å². The Morgan fingerprint density at radius 2 is 1.85 bits per heavy atom. The van der Waals surface area contributed by atoms with Crippen molar-refractivity contribution in [2.45, 2.75) is 32.7 Å². The zero-order chi connectivity index (χ0) is 18.7. The summed E-state index contributed by atoms with van der Waals surface area (Å²) in [4.78, 5) is 25.4. The molecule has 2 fully saturated rings. The maximum Gasteiger partial charge on any atom is 0.321 e. The highest BCUT2D eigenvalue weighted by atomic mass is 16.5. The van der Waals surface area contributed by atoms with Gasteiger partial charge in [0.05, 0.1) is 5.41 Å². The summed E-state index contributed by atoms with van der Waals surface area (Å²) in [5.74, 6) is 1.10. The van der Waals surface area contributed by atoms with Gasteiger partial charge in [-0.05, 0) is 49.6 Å². The van der Waals surface area contributed by atoms with Gasteiger partial charge < -0.3 is 9.64 Å². The van der Waals surface area contributed by atoms with Gasteiger partial charge in [-0.2, -0.15) is 0 Å².